The van der Waals surface area contributed by atoms with Gasteiger partial charge in [-0.3, -0.25) is 9.52 Å². The van der Waals surface area contributed by atoms with Crippen molar-refractivity contribution in [3.8, 4) is 11.5 Å². The smallest absolute Gasteiger partial charge is 0.262 e. The van der Waals surface area contributed by atoms with E-state index in [4.69, 9.17) is 9.47 Å². The van der Waals surface area contributed by atoms with E-state index < -0.39 is 10.0 Å². The standard InChI is InChI=1S/C23H22N2O5S/c1-16-3-7-18(8-4-16)24-23(26)17-5-9-19(10-6-17)25-31(27,28)20-11-12-21-22(15-20)30-14-2-13-29-21/h3-12,15,25H,2,13-14H2,1H3,(H,24,26). The number of ether oxygens (including phenoxy) is 2. The van der Waals surface area contributed by atoms with Crippen LogP contribution in [0.4, 0.5) is 11.4 Å². The van der Waals surface area contributed by atoms with Crippen LogP contribution in [0, 0.1) is 6.92 Å². The third kappa shape index (κ3) is 4.97. The van der Waals surface area contributed by atoms with Gasteiger partial charge in [-0.25, -0.2) is 8.42 Å². The number of hydrogen-bond donors (Lipinski definition) is 2. The molecule has 7 nitrogen and oxygen atoms in total. The van der Waals surface area contributed by atoms with Gasteiger partial charge in [-0.1, -0.05) is 17.7 Å². The number of benzene rings is 3. The fourth-order valence-electron chi connectivity index (χ4n) is 3.05. The molecule has 1 aliphatic heterocycles. The molecule has 3 aromatic carbocycles. The van der Waals surface area contributed by atoms with E-state index in [1.165, 1.54) is 12.1 Å². The van der Waals surface area contributed by atoms with Gasteiger partial charge in [-0.05, 0) is 55.5 Å². The second kappa shape index (κ2) is 8.69. The summed E-state index contributed by atoms with van der Waals surface area (Å²) in [5.74, 6) is 0.657. The summed E-state index contributed by atoms with van der Waals surface area (Å²) >= 11 is 0. The first-order chi connectivity index (χ1) is 14.9. The summed E-state index contributed by atoms with van der Waals surface area (Å²) in [6.45, 7) is 2.97. The van der Waals surface area contributed by atoms with Crippen molar-refractivity contribution >= 4 is 27.3 Å². The second-order valence-electron chi connectivity index (χ2n) is 7.16. The van der Waals surface area contributed by atoms with Crippen LogP contribution in [-0.4, -0.2) is 27.5 Å². The molecule has 0 saturated heterocycles. The monoisotopic (exact) mass is 438 g/mol. The van der Waals surface area contributed by atoms with Crippen LogP contribution in [0.5, 0.6) is 11.5 Å². The number of carbonyl (C=O) groups is 1. The predicted molar refractivity (Wildman–Crippen MR) is 118 cm³/mol. The zero-order chi connectivity index (χ0) is 21.8. The van der Waals surface area contributed by atoms with E-state index in [0.29, 0.717) is 41.7 Å². The molecule has 0 atom stereocenters. The van der Waals surface area contributed by atoms with Crippen LogP contribution in [-0.2, 0) is 10.0 Å². The summed E-state index contributed by atoms with van der Waals surface area (Å²) < 4.78 is 39.2. The lowest BCUT2D eigenvalue weighted by molar-refractivity contribution is 0.102. The van der Waals surface area contributed by atoms with Crippen molar-refractivity contribution in [2.75, 3.05) is 23.3 Å². The molecule has 0 aromatic heterocycles. The minimum atomic E-state index is -3.83. The number of hydrogen-bond acceptors (Lipinski definition) is 5. The van der Waals surface area contributed by atoms with Gasteiger partial charge in [-0.15, -0.1) is 0 Å². The summed E-state index contributed by atoms with van der Waals surface area (Å²) in [5.41, 5.74) is 2.55. The van der Waals surface area contributed by atoms with Gasteiger partial charge in [-0.2, -0.15) is 0 Å². The summed E-state index contributed by atoms with van der Waals surface area (Å²) in [6.07, 6.45) is 0.735. The molecule has 160 valence electrons. The zero-order valence-electron chi connectivity index (χ0n) is 16.9. The molecule has 4 rings (SSSR count). The number of fused-ring (bicyclic) bond motifs is 1. The van der Waals surface area contributed by atoms with Gasteiger partial charge in [0.15, 0.2) is 11.5 Å². The lowest BCUT2D eigenvalue weighted by Crippen LogP contribution is -2.14. The Labute approximate surface area is 181 Å². The van der Waals surface area contributed by atoms with E-state index in [0.717, 1.165) is 12.0 Å². The summed E-state index contributed by atoms with van der Waals surface area (Å²) in [7, 11) is -3.83. The van der Waals surface area contributed by atoms with Crippen molar-refractivity contribution in [3.05, 3.63) is 77.9 Å². The molecule has 0 spiro atoms. The van der Waals surface area contributed by atoms with E-state index in [-0.39, 0.29) is 10.8 Å². The molecule has 1 amide bonds. The minimum Gasteiger partial charge on any atom is -0.490 e. The molecule has 1 aliphatic rings. The van der Waals surface area contributed by atoms with Crippen LogP contribution >= 0.6 is 0 Å². The van der Waals surface area contributed by atoms with Crippen LogP contribution in [0.15, 0.2) is 71.6 Å². The molecular formula is C23H22N2O5S. The normalized spacial score (nSPS) is 13.2. The number of sulfonamides is 1. The van der Waals surface area contributed by atoms with Crippen LogP contribution in [0.1, 0.15) is 22.3 Å². The van der Waals surface area contributed by atoms with E-state index >= 15 is 0 Å². The van der Waals surface area contributed by atoms with Gasteiger partial charge in [0.25, 0.3) is 15.9 Å². The molecular weight excluding hydrogens is 416 g/mol. The van der Waals surface area contributed by atoms with Crippen molar-refractivity contribution < 1.29 is 22.7 Å². The fourth-order valence-corrected chi connectivity index (χ4v) is 4.13. The van der Waals surface area contributed by atoms with Crippen LogP contribution < -0.4 is 19.5 Å². The Kier molecular flexibility index (Phi) is 5.81. The van der Waals surface area contributed by atoms with Gasteiger partial charge in [0, 0.05) is 29.4 Å². The topological polar surface area (TPSA) is 93.7 Å². The van der Waals surface area contributed by atoms with Crippen LogP contribution in [0.2, 0.25) is 0 Å². The molecule has 0 saturated carbocycles. The number of nitrogens with one attached hydrogen (secondary N) is 2. The largest absolute Gasteiger partial charge is 0.490 e. The maximum absolute atomic E-state index is 12.8. The maximum atomic E-state index is 12.8. The van der Waals surface area contributed by atoms with Crippen LogP contribution in [0.3, 0.4) is 0 Å². The van der Waals surface area contributed by atoms with Crippen molar-refractivity contribution in [3.63, 3.8) is 0 Å². The zero-order valence-corrected chi connectivity index (χ0v) is 17.7. The average Bonchev–Trinajstić information content (AvgIpc) is 3.00. The average molecular weight is 439 g/mol. The molecule has 0 fully saturated rings. The molecule has 2 N–H and O–H groups in total. The molecule has 8 heteroatoms. The second-order valence-corrected chi connectivity index (χ2v) is 8.84. The van der Waals surface area contributed by atoms with E-state index in [9.17, 15) is 13.2 Å². The molecule has 1 heterocycles. The number of aryl methyl sites for hydroxylation is 1. The Bertz CT molecular complexity index is 1190. The Hall–Kier alpha value is -3.52. The minimum absolute atomic E-state index is 0.0675. The summed E-state index contributed by atoms with van der Waals surface area (Å²) in [4.78, 5) is 12.5. The fraction of sp³-hybridized carbons (Fsp3) is 0.174. The van der Waals surface area contributed by atoms with Crippen molar-refractivity contribution in [2.45, 2.75) is 18.2 Å². The third-order valence-electron chi connectivity index (χ3n) is 4.74. The summed E-state index contributed by atoms with van der Waals surface area (Å²) in [5, 5.41) is 2.81. The predicted octanol–water partition coefficient (Wildman–Crippen LogP) is 4.21. The first-order valence-electron chi connectivity index (χ1n) is 9.81. The Morgan fingerprint density at radius 1 is 0.839 bits per heavy atom. The van der Waals surface area contributed by atoms with Gasteiger partial charge in [0.05, 0.1) is 18.1 Å². The molecule has 0 bridgehead atoms. The Morgan fingerprint density at radius 2 is 1.48 bits per heavy atom. The SMILES string of the molecule is Cc1ccc(NC(=O)c2ccc(NS(=O)(=O)c3ccc4c(c3)OCCCO4)cc2)cc1. The highest BCUT2D eigenvalue weighted by Crippen LogP contribution is 2.32. The third-order valence-corrected chi connectivity index (χ3v) is 6.12. The van der Waals surface area contributed by atoms with E-state index in [2.05, 4.69) is 10.0 Å². The van der Waals surface area contributed by atoms with Gasteiger partial charge >= 0.3 is 0 Å². The Balaban J connectivity index is 1.46. The lowest BCUT2D eigenvalue weighted by atomic mass is 10.2. The quantitative estimate of drug-likeness (QED) is 0.622. The number of rotatable bonds is 5. The number of carbonyl (C=O) groups excluding carboxylic acids is 1. The van der Waals surface area contributed by atoms with E-state index in [1.807, 2.05) is 31.2 Å². The number of anilines is 2. The first kappa shape index (κ1) is 20.7. The van der Waals surface area contributed by atoms with Crippen LogP contribution in [0.25, 0.3) is 0 Å². The highest BCUT2D eigenvalue weighted by molar-refractivity contribution is 7.92. The molecule has 0 unspecified atom stereocenters. The molecule has 0 aliphatic carbocycles. The van der Waals surface area contributed by atoms with Gasteiger partial charge < -0.3 is 14.8 Å². The molecule has 3 aromatic rings. The lowest BCUT2D eigenvalue weighted by Gasteiger charge is -2.12. The van der Waals surface area contributed by atoms with Gasteiger partial charge in [0.1, 0.15) is 0 Å². The first-order valence-corrected chi connectivity index (χ1v) is 11.3. The highest BCUT2D eigenvalue weighted by Gasteiger charge is 2.19. The molecule has 0 radical (unpaired) electrons. The van der Waals surface area contributed by atoms with Crippen molar-refractivity contribution in [2.24, 2.45) is 0 Å². The maximum Gasteiger partial charge on any atom is 0.262 e. The highest BCUT2D eigenvalue weighted by atomic mass is 32.2. The summed E-state index contributed by atoms with van der Waals surface area (Å²) in [6, 6.07) is 18.2. The van der Waals surface area contributed by atoms with E-state index in [1.54, 1.807) is 30.3 Å². The number of amides is 1. The van der Waals surface area contributed by atoms with Crippen molar-refractivity contribution in [1.82, 2.24) is 0 Å². The molecule has 31 heavy (non-hydrogen) atoms. The Morgan fingerprint density at radius 3 is 2.19 bits per heavy atom. The van der Waals surface area contributed by atoms with Crippen molar-refractivity contribution in [1.29, 1.82) is 0 Å². The van der Waals surface area contributed by atoms with Gasteiger partial charge in [0.2, 0.25) is 0 Å².